The average molecular weight is 394 g/mol. The summed E-state index contributed by atoms with van der Waals surface area (Å²) in [6.07, 6.45) is 1.36. The molecule has 2 aromatic carbocycles. The number of hydrogen-bond acceptors (Lipinski definition) is 4. The van der Waals surface area contributed by atoms with Crippen LogP contribution in [0.1, 0.15) is 22.5 Å². The molecule has 0 radical (unpaired) electrons. The largest absolute Gasteiger partial charge is 0.318 e. The second-order valence-corrected chi connectivity index (χ2v) is 6.49. The van der Waals surface area contributed by atoms with Crippen LogP contribution in [0.5, 0.6) is 0 Å². The highest BCUT2D eigenvalue weighted by Crippen LogP contribution is 2.20. The number of aromatic nitrogens is 1. The molecule has 7 nitrogen and oxygen atoms in total. The molecule has 0 saturated carbocycles. The molecule has 0 aliphatic carbocycles. The number of carbonyl (C=O) groups excluding carboxylic acids is 1. The summed E-state index contributed by atoms with van der Waals surface area (Å²) in [5, 5.41) is 15.0. The number of nitro benzene ring substituents is 1. The lowest BCUT2D eigenvalue weighted by Crippen LogP contribution is -2.20. The van der Waals surface area contributed by atoms with E-state index in [1.54, 1.807) is 24.3 Å². The van der Waals surface area contributed by atoms with E-state index in [-0.39, 0.29) is 17.9 Å². The van der Waals surface area contributed by atoms with Crippen LogP contribution in [-0.2, 0) is 11.2 Å². The molecule has 0 saturated heterocycles. The highest BCUT2D eigenvalue weighted by Gasteiger charge is 2.15. The van der Waals surface area contributed by atoms with E-state index in [4.69, 9.17) is 0 Å². The Morgan fingerprint density at radius 1 is 1.21 bits per heavy atom. The lowest BCUT2D eigenvalue weighted by atomic mass is 10.1. The number of rotatable bonds is 6. The van der Waals surface area contributed by atoms with Crippen LogP contribution in [0.4, 0.5) is 10.1 Å². The first kappa shape index (κ1) is 19.9. The summed E-state index contributed by atoms with van der Waals surface area (Å²) >= 11 is 0. The fourth-order valence-electron chi connectivity index (χ4n) is 3.13. The molecule has 3 aromatic rings. The molecule has 1 aromatic heterocycles. The van der Waals surface area contributed by atoms with E-state index in [2.05, 4.69) is 10.5 Å². The van der Waals surface area contributed by atoms with Gasteiger partial charge in [0.1, 0.15) is 5.82 Å². The first-order valence-corrected chi connectivity index (χ1v) is 8.86. The van der Waals surface area contributed by atoms with Crippen molar-refractivity contribution in [2.75, 3.05) is 0 Å². The summed E-state index contributed by atoms with van der Waals surface area (Å²) in [5.41, 5.74) is 6.04. The van der Waals surface area contributed by atoms with Gasteiger partial charge in [-0.3, -0.25) is 14.9 Å². The molecule has 3 rings (SSSR count). The van der Waals surface area contributed by atoms with E-state index in [1.165, 1.54) is 30.5 Å². The van der Waals surface area contributed by atoms with E-state index in [9.17, 15) is 19.3 Å². The van der Waals surface area contributed by atoms with E-state index in [1.807, 2.05) is 24.5 Å². The van der Waals surface area contributed by atoms with Gasteiger partial charge in [0.2, 0.25) is 5.91 Å². The standard InChI is InChI=1S/C21H19FN4O3/c1-14-11-17(15(2)25(14)19-9-7-18(22)8-10-19)13-23-24-21(27)12-16-5-3-4-6-20(16)26(28)29/h3-11,13H,12H2,1-2H3,(H,24,27). The van der Waals surface area contributed by atoms with Gasteiger partial charge in [-0.15, -0.1) is 0 Å². The predicted octanol–water partition coefficient (Wildman–Crippen LogP) is 3.83. The molecular weight excluding hydrogens is 375 g/mol. The molecule has 0 aliphatic rings. The SMILES string of the molecule is Cc1cc(C=NNC(=O)Cc2ccccc2[N+](=O)[O-])c(C)n1-c1ccc(F)cc1. The number of hydrazone groups is 1. The molecule has 0 unspecified atom stereocenters. The van der Waals surface area contributed by atoms with Gasteiger partial charge in [0.05, 0.1) is 17.6 Å². The molecule has 1 amide bonds. The second kappa shape index (κ2) is 8.47. The molecule has 0 aliphatic heterocycles. The van der Waals surface area contributed by atoms with Crippen molar-refractivity contribution in [2.24, 2.45) is 5.10 Å². The van der Waals surface area contributed by atoms with Crippen molar-refractivity contribution in [3.8, 4) is 5.69 Å². The fraction of sp³-hybridized carbons (Fsp3) is 0.143. The van der Waals surface area contributed by atoms with E-state index < -0.39 is 10.8 Å². The number of para-hydroxylation sites is 1. The third-order valence-electron chi connectivity index (χ3n) is 4.49. The molecular formula is C21H19FN4O3. The number of nitro groups is 1. The van der Waals surface area contributed by atoms with E-state index >= 15 is 0 Å². The first-order chi connectivity index (χ1) is 13.9. The summed E-state index contributed by atoms with van der Waals surface area (Å²) < 4.78 is 15.1. The molecule has 1 heterocycles. The smallest absolute Gasteiger partial charge is 0.273 e. The third-order valence-corrected chi connectivity index (χ3v) is 4.49. The summed E-state index contributed by atoms with van der Waals surface area (Å²) in [4.78, 5) is 22.6. The Hall–Kier alpha value is -3.81. The second-order valence-electron chi connectivity index (χ2n) is 6.49. The summed E-state index contributed by atoms with van der Waals surface area (Å²) in [5.74, 6) is -0.762. The quantitative estimate of drug-likeness (QED) is 0.391. The zero-order valence-electron chi connectivity index (χ0n) is 15.9. The Balaban J connectivity index is 1.71. The van der Waals surface area contributed by atoms with Crippen LogP contribution in [0.2, 0.25) is 0 Å². The lowest BCUT2D eigenvalue weighted by Gasteiger charge is -2.09. The molecule has 0 bridgehead atoms. The van der Waals surface area contributed by atoms with Crippen molar-refractivity contribution in [3.05, 3.63) is 93.0 Å². The molecule has 8 heteroatoms. The number of nitrogens with one attached hydrogen (secondary N) is 1. The van der Waals surface area contributed by atoms with E-state index in [0.717, 1.165) is 22.6 Å². The maximum Gasteiger partial charge on any atom is 0.273 e. The van der Waals surface area contributed by atoms with Crippen molar-refractivity contribution in [3.63, 3.8) is 0 Å². The molecule has 1 N–H and O–H groups in total. The van der Waals surface area contributed by atoms with Gasteiger partial charge in [-0.2, -0.15) is 5.10 Å². The van der Waals surface area contributed by atoms with Crippen LogP contribution < -0.4 is 5.43 Å². The van der Waals surface area contributed by atoms with Gasteiger partial charge in [-0.1, -0.05) is 18.2 Å². The minimum absolute atomic E-state index is 0.102. The Labute approximate surface area is 166 Å². The van der Waals surface area contributed by atoms with Crippen molar-refractivity contribution in [1.82, 2.24) is 9.99 Å². The van der Waals surface area contributed by atoms with Gasteiger partial charge in [-0.05, 0) is 44.2 Å². The van der Waals surface area contributed by atoms with Crippen molar-refractivity contribution in [1.29, 1.82) is 0 Å². The Bertz CT molecular complexity index is 1090. The molecule has 0 spiro atoms. The van der Waals surface area contributed by atoms with Crippen LogP contribution in [0.3, 0.4) is 0 Å². The Morgan fingerprint density at radius 3 is 2.59 bits per heavy atom. The van der Waals surface area contributed by atoms with Crippen molar-refractivity contribution >= 4 is 17.8 Å². The fourth-order valence-corrected chi connectivity index (χ4v) is 3.13. The number of aryl methyl sites for hydroxylation is 1. The van der Waals surface area contributed by atoms with Gasteiger partial charge in [0.25, 0.3) is 5.69 Å². The summed E-state index contributed by atoms with van der Waals surface area (Å²) in [7, 11) is 0. The molecule has 148 valence electrons. The van der Waals surface area contributed by atoms with Crippen molar-refractivity contribution in [2.45, 2.75) is 20.3 Å². The van der Waals surface area contributed by atoms with Crippen LogP contribution in [-0.4, -0.2) is 21.6 Å². The summed E-state index contributed by atoms with van der Waals surface area (Å²) in [6.45, 7) is 3.81. The summed E-state index contributed by atoms with van der Waals surface area (Å²) in [6, 6.07) is 14.1. The average Bonchev–Trinajstić information content (AvgIpc) is 2.96. The van der Waals surface area contributed by atoms with Gasteiger partial charge in [-0.25, -0.2) is 9.82 Å². The minimum Gasteiger partial charge on any atom is -0.318 e. The number of nitrogens with zero attached hydrogens (tertiary/aromatic N) is 3. The third kappa shape index (κ3) is 4.55. The van der Waals surface area contributed by atoms with Gasteiger partial charge >= 0.3 is 0 Å². The molecule has 29 heavy (non-hydrogen) atoms. The topological polar surface area (TPSA) is 89.5 Å². The lowest BCUT2D eigenvalue weighted by molar-refractivity contribution is -0.385. The monoisotopic (exact) mass is 394 g/mol. The van der Waals surface area contributed by atoms with Crippen LogP contribution in [0.15, 0.2) is 59.7 Å². The zero-order valence-corrected chi connectivity index (χ0v) is 15.9. The van der Waals surface area contributed by atoms with Crippen LogP contribution in [0.25, 0.3) is 5.69 Å². The first-order valence-electron chi connectivity index (χ1n) is 8.86. The zero-order chi connectivity index (χ0) is 21.0. The predicted molar refractivity (Wildman–Crippen MR) is 108 cm³/mol. The number of benzene rings is 2. The number of amides is 1. The highest BCUT2D eigenvalue weighted by molar-refractivity contribution is 5.85. The minimum atomic E-state index is -0.518. The van der Waals surface area contributed by atoms with Gasteiger partial charge in [0, 0.05) is 34.3 Å². The Morgan fingerprint density at radius 2 is 1.90 bits per heavy atom. The van der Waals surface area contributed by atoms with Crippen molar-refractivity contribution < 1.29 is 14.1 Å². The Kier molecular flexibility index (Phi) is 5.82. The van der Waals surface area contributed by atoms with Crippen LogP contribution in [0, 0.1) is 29.8 Å². The van der Waals surface area contributed by atoms with Gasteiger partial charge in [0.15, 0.2) is 0 Å². The van der Waals surface area contributed by atoms with E-state index in [0.29, 0.717) is 5.56 Å². The highest BCUT2D eigenvalue weighted by atomic mass is 19.1. The number of halogens is 1. The number of carbonyl (C=O) groups is 1. The normalized spacial score (nSPS) is 11.0. The maximum absolute atomic E-state index is 13.2. The molecule has 0 fully saturated rings. The van der Waals surface area contributed by atoms with Crippen LogP contribution >= 0.6 is 0 Å². The maximum atomic E-state index is 13.2. The van der Waals surface area contributed by atoms with Gasteiger partial charge < -0.3 is 4.57 Å². The number of hydrogen-bond donors (Lipinski definition) is 1. The molecule has 0 atom stereocenters.